The molecule has 7 heteroatoms. The highest BCUT2D eigenvalue weighted by Crippen LogP contribution is 2.30. The minimum Gasteiger partial charge on any atom is -0.486 e. The van der Waals surface area contributed by atoms with Crippen LogP contribution < -0.4 is 14.4 Å². The van der Waals surface area contributed by atoms with Crippen LogP contribution in [-0.4, -0.2) is 30.5 Å². The summed E-state index contributed by atoms with van der Waals surface area (Å²) in [5, 5.41) is 8.14. The van der Waals surface area contributed by atoms with E-state index in [0.717, 1.165) is 23.6 Å². The van der Waals surface area contributed by atoms with Crippen LogP contribution >= 0.6 is 0 Å². The zero-order valence-electron chi connectivity index (χ0n) is 14.4. The maximum Gasteiger partial charge on any atom is 0.271 e. The summed E-state index contributed by atoms with van der Waals surface area (Å²) in [6.07, 6.45) is 0. The first kappa shape index (κ1) is 16.5. The lowest BCUT2D eigenvalue weighted by atomic mass is 10.2. The van der Waals surface area contributed by atoms with Crippen molar-refractivity contribution in [2.75, 3.05) is 20.3 Å². The van der Waals surface area contributed by atoms with Gasteiger partial charge in [-0.3, -0.25) is 0 Å². The molecule has 1 unspecified atom stereocenters. The van der Waals surface area contributed by atoms with Gasteiger partial charge in [0, 0.05) is 11.1 Å². The van der Waals surface area contributed by atoms with Crippen LogP contribution in [0.3, 0.4) is 0 Å². The highest BCUT2D eigenvalue weighted by Gasteiger charge is 2.16. The van der Waals surface area contributed by atoms with Crippen LogP contribution in [0.1, 0.15) is 11.5 Å². The minimum atomic E-state index is -0.294. The molecular formula is C19H19FN3O3+. The Morgan fingerprint density at radius 1 is 0.962 bits per heavy atom. The molecule has 0 saturated heterocycles. The number of benzene rings is 2. The summed E-state index contributed by atoms with van der Waals surface area (Å²) in [7, 11) is 2.05. The molecule has 0 radical (unpaired) electrons. The lowest BCUT2D eigenvalue weighted by Crippen LogP contribution is -3.06. The van der Waals surface area contributed by atoms with Crippen LogP contribution in [0.4, 0.5) is 4.39 Å². The quantitative estimate of drug-likeness (QED) is 0.756. The van der Waals surface area contributed by atoms with Crippen LogP contribution in [0.2, 0.25) is 0 Å². The summed E-state index contributed by atoms with van der Waals surface area (Å²) < 4.78 is 29.9. The standard InChI is InChI=1S/C19H18FN3O3/c1-23(11-13-2-7-16-17(10-13)25-9-8-24-16)12-18-21-22-19(26-18)14-3-5-15(20)6-4-14/h2-7,10H,8-9,11-12H2,1H3/p+1. The van der Waals surface area contributed by atoms with E-state index in [-0.39, 0.29) is 5.82 Å². The van der Waals surface area contributed by atoms with Crippen molar-refractivity contribution in [2.45, 2.75) is 13.1 Å². The fourth-order valence-corrected chi connectivity index (χ4v) is 2.90. The van der Waals surface area contributed by atoms with Crippen LogP contribution in [0.5, 0.6) is 11.5 Å². The molecule has 0 saturated carbocycles. The fraction of sp³-hybridized carbons (Fsp3) is 0.263. The Kier molecular flexibility index (Phi) is 4.53. The van der Waals surface area contributed by atoms with E-state index in [1.165, 1.54) is 17.0 Å². The number of nitrogens with one attached hydrogen (secondary N) is 1. The third kappa shape index (κ3) is 3.67. The highest BCUT2D eigenvalue weighted by molar-refractivity contribution is 5.51. The predicted molar refractivity (Wildman–Crippen MR) is 91.4 cm³/mol. The largest absolute Gasteiger partial charge is 0.486 e. The molecule has 1 aliphatic heterocycles. The van der Waals surface area contributed by atoms with Gasteiger partial charge in [-0.1, -0.05) is 0 Å². The van der Waals surface area contributed by atoms with E-state index < -0.39 is 0 Å². The van der Waals surface area contributed by atoms with Gasteiger partial charge in [-0.15, -0.1) is 10.2 Å². The van der Waals surface area contributed by atoms with Crippen molar-refractivity contribution < 1.29 is 23.2 Å². The molecule has 0 spiro atoms. The summed E-state index contributed by atoms with van der Waals surface area (Å²) in [6.45, 7) is 2.53. The Hall–Kier alpha value is -2.93. The van der Waals surface area contributed by atoms with Gasteiger partial charge in [0.2, 0.25) is 5.89 Å². The summed E-state index contributed by atoms with van der Waals surface area (Å²) in [4.78, 5) is 1.19. The van der Waals surface area contributed by atoms with E-state index in [9.17, 15) is 4.39 Å². The molecule has 134 valence electrons. The van der Waals surface area contributed by atoms with Gasteiger partial charge in [-0.2, -0.15) is 0 Å². The number of halogens is 1. The fourth-order valence-electron chi connectivity index (χ4n) is 2.90. The Balaban J connectivity index is 1.40. The Morgan fingerprint density at radius 3 is 2.54 bits per heavy atom. The summed E-state index contributed by atoms with van der Waals surface area (Å²) >= 11 is 0. The average molecular weight is 356 g/mol. The van der Waals surface area contributed by atoms with Gasteiger partial charge in [-0.05, 0) is 42.5 Å². The van der Waals surface area contributed by atoms with Crippen LogP contribution in [-0.2, 0) is 13.1 Å². The van der Waals surface area contributed by atoms with Crippen LogP contribution in [0, 0.1) is 5.82 Å². The zero-order valence-corrected chi connectivity index (χ0v) is 14.4. The summed E-state index contributed by atoms with van der Waals surface area (Å²) in [6, 6.07) is 12.0. The van der Waals surface area contributed by atoms with Crippen molar-refractivity contribution in [1.82, 2.24) is 10.2 Å². The summed E-state index contributed by atoms with van der Waals surface area (Å²) in [5.41, 5.74) is 1.85. The Bertz CT molecular complexity index is 895. The SMILES string of the molecule is C[NH+](Cc1ccc2c(c1)OCCO2)Cc1nnc(-c2ccc(F)cc2)o1. The number of hydrogen-bond donors (Lipinski definition) is 1. The van der Waals surface area contributed by atoms with Gasteiger partial charge in [0.25, 0.3) is 5.89 Å². The second kappa shape index (κ2) is 7.13. The first-order valence-corrected chi connectivity index (χ1v) is 8.45. The highest BCUT2D eigenvalue weighted by atomic mass is 19.1. The number of rotatable bonds is 5. The average Bonchev–Trinajstić information content (AvgIpc) is 3.10. The van der Waals surface area contributed by atoms with E-state index in [2.05, 4.69) is 17.2 Å². The third-order valence-corrected chi connectivity index (χ3v) is 4.12. The topological polar surface area (TPSA) is 61.8 Å². The van der Waals surface area contributed by atoms with E-state index in [0.29, 0.717) is 37.1 Å². The van der Waals surface area contributed by atoms with Crippen molar-refractivity contribution in [3.8, 4) is 23.0 Å². The molecule has 0 amide bonds. The molecule has 2 heterocycles. The number of nitrogens with zero attached hydrogens (tertiary/aromatic N) is 2. The van der Waals surface area contributed by atoms with Gasteiger partial charge < -0.3 is 18.8 Å². The van der Waals surface area contributed by atoms with Crippen molar-refractivity contribution in [3.05, 3.63) is 59.7 Å². The minimum absolute atomic E-state index is 0.294. The second-order valence-corrected chi connectivity index (χ2v) is 6.30. The normalized spacial score (nSPS) is 14.2. The van der Waals surface area contributed by atoms with Gasteiger partial charge >= 0.3 is 0 Å². The molecular weight excluding hydrogens is 337 g/mol. The van der Waals surface area contributed by atoms with Crippen LogP contribution in [0.15, 0.2) is 46.9 Å². The number of ether oxygens (including phenoxy) is 2. The van der Waals surface area contributed by atoms with Gasteiger partial charge in [0.1, 0.15) is 25.6 Å². The van der Waals surface area contributed by atoms with Gasteiger partial charge in [-0.25, -0.2) is 4.39 Å². The first-order chi connectivity index (χ1) is 12.7. The maximum absolute atomic E-state index is 13.0. The molecule has 0 bridgehead atoms. The van der Waals surface area contributed by atoms with Crippen molar-refractivity contribution >= 4 is 0 Å². The monoisotopic (exact) mass is 356 g/mol. The molecule has 1 aliphatic rings. The van der Waals surface area contributed by atoms with Gasteiger partial charge in [0.05, 0.1) is 7.05 Å². The molecule has 2 aromatic carbocycles. The van der Waals surface area contributed by atoms with Crippen molar-refractivity contribution in [1.29, 1.82) is 0 Å². The van der Waals surface area contributed by atoms with Gasteiger partial charge in [0.15, 0.2) is 18.0 Å². The molecule has 26 heavy (non-hydrogen) atoms. The van der Waals surface area contributed by atoms with E-state index in [1.807, 2.05) is 18.2 Å². The first-order valence-electron chi connectivity index (χ1n) is 8.45. The lowest BCUT2D eigenvalue weighted by molar-refractivity contribution is -0.909. The molecule has 3 aromatic rings. The molecule has 6 nitrogen and oxygen atoms in total. The molecule has 1 aromatic heterocycles. The third-order valence-electron chi connectivity index (χ3n) is 4.12. The number of aromatic nitrogens is 2. The molecule has 1 N–H and O–H groups in total. The number of quaternary nitrogens is 1. The van der Waals surface area contributed by atoms with E-state index in [1.54, 1.807) is 12.1 Å². The van der Waals surface area contributed by atoms with Crippen molar-refractivity contribution in [3.63, 3.8) is 0 Å². The lowest BCUT2D eigenvalue weighted by Gasteiger charge is -2.19. The maximum atomic E-state index is 13.0. The Morgan fingerprint density at radius 2 is 1.73 bits per heavy atom. The number of fused-ring (bicyclic) bond motifs is 1. The molecule has 1 atom stereocenters. The summed E-state index contributed by atoms with van der Waals surface area (Å²) in [5.74, 6) is 2.22. The second-order valence-electron chi connectivity index (χ2n) is 6.30. The molecule has 4 rings (SSSR count). The Labute approximate surface area is 150 Å². The predicted octanol–water partition coefficient (Wildman–Crippen LogP) is 1.86. The van der Waals surface area contributed by atoms with Crippen LogP contribution in [0.25, 0.3) is 11.5 Å². The smallest absolute Gasteiger partial charge is 0.271 e. The zero-order chi connectivity index (χ0) is 17.9. The van der Waals surface area contributed by atoms with E-state index >= 15 is 0 Å². The number of hydrogen-bond acceptors (Lipinski definition) is 5. The van der Waals surface area contributed by atoms with E-state index in [4.69, 9.17) is 13.9 Å². The molecule has 0 fully saturated rings. The molecule has 0 aliphatic carbocycles. The van der Waals surface area contributed by atoms with Crippen molar-refractivity contribution in [2.24, 2.45) is 0 Å².